The number of aliphatic hydroxyl groups excluding tert-OH is 1. The van der Waals surface area contributed by atoms with Gasteiger partial charge in [0.2, 0.25) is 0 Å². The van der Waals surface area contributed by atoms with E-state index in [-0.39, 0.29) is 0 Å². The molecule has 0 radical (unpaired) electrons. The van der Waals surface area contributed by atoms with Crippen LogP contribution in [-0.2, 0) is 4.74 Å². The van der Waals surface area contributed by atoms with Crippen LogP contribution in [0.25, 0.3) is 0 Å². The van der Waals surface area contributed by atoms with Crippen molar-refractivity contribution in [2.75, 3.05) is 20.3 Å². The maximum Gasteiger partial charge on any atom is 0.0462 e. The Balaban J connectivity index is 2.89. The summed E-state index contributed by atoms with van der Waals surface area (Å²) in [5, 5.41) is 8.68. The Morgan fingerprint density at radius 2 is 0.800 bits per heavy atom. The van der Waals surface area contributed by atoms with Crippen molar-refractivity contribution >= 4 is 0 Å². The minimum atomic E-state index is 0.367. The summed E-state index contributed by atoms with van der Waals surface area (Å²) in [4.78, 5) is 0. The number of methoxy groups -OCH3 is 1. The Morgan fingerprint density at radius 1 is 0.500 bits per heavy atom. The van der Waals surface area contributed by atoms with Crippen LogP contribution in [0, 0.1) is 0 Å². The first-order valence-corrected chi connectivity index (χ1v) is 9.01. The van der Waals surface area contributed by atoms with Crippen molar-refractivity contribution in [2.45, 2.75) is 96.3 Å². The van der Waals surface area contributed by atoms with Gasteiger partial charge in [0.15, 0.2) is 0 Å². The number of hydrogen-bond donors (Lipinski definition) is 1. The van der Waals surface area contributed by atoms with Gasteiger partial charge in [-0.05, 0) is 12.8 Å². The molecule has 0 atom stereocenters. The van der Waals surface area contributed by atoms with E-state index < -0.39 is 0 Å². The summed E-state index contributed by atoms with van der Waals surface area (Å²) in [6.07, 6.45) is 20.2. The summed E-state index contributed by atoms with van der Waals surface area (Å²) >= 11 is 0. The van der Waals surface area contributed by atoms with Gasteiger partial charge in [0, 0.05) is 20.3 Å². The van der Waals surface area contributed by atoms with Gasteiger partial charge in [-0.15, -0.1) is 0 Å². The van der Waals surface area contributed by atoms with Crippen LogP contribution >= 0.6 is 0 Å². The molecule has 0 aliphatic heterocycles. The summed E-state index contributed by atoms with van der Waals surface area (Å²) in [6.45, 7) is 1.30. The van der Waals surface area contributed by atoms with E-state index in [0.29, 0.717) is 6.61 Å². The molecule has 0 spiro atoms. The van der Waals surface area contributed by atoms with Crippen molar-refractivity contribution in [3.05, 3.63) is 0 Å². The van der Waals surface area contributed by atoms with Crippen LogP contribution < -0.4 is 0 Å². The molecule has 0 aliphatic rings. The van der Waals surface area contributed by atoms with E-state index in [1.165, 1.54) is 89.9 Å². The number of rotatable bonds is 17. The summed E-state index contributed by atoms with van der Waals surface area (Å²) in [6, 6.07) is 0. The molecule has 0 aromatic carbocycles. The first-order chi connectivity index (χ1) is 9.91. The molecule has 0 rings (SSSR count). The fourth-order valence-electron chi connectivity index (χ4n) is 2.66. The molecule has 0 aromatic rings. The van der Waals surface area contributed by atoms with Crippen LogP contribution in [0.15, 0.2) is 0 Å². The van der Waals surface area contributed by atoms with E-state index in [0.717, 1.165) is 13.0 Å². The monoisotopic (exact) mass is 286 g/mol. The molecule has 0 heterocycles. The minimum absolute atomic E-state index is 0.367. The van der Waals surface area contributed by atoms with Gasteiger partial charge < -0.3 is 9.84 Å². The van der Waals surface area contributed by atoms with E-state index in [4.69, 9.17) is 9.84 Å². The molecular formula is C18H38O2. The predicted molar refractivity (Wildman–Crippen MR) is 88.2 cm³/mol. The molecule has 0 bridgehead atoms. The third-order valence-corrected chi connectivity index (χ3v) is 4.01. The third kappa shape index (κ3) is 17.9. The van der Waals surface area contributed by atoms with E-state index in [2.05, 4.69) is 0 Å². The zero-order valence-corrected chi connectivity index (χ0v) is 13.9. The lowest BCUT2D eigenvalue weighted by molar-refractivity contribution is 0.192. The lowest BCUT2D eigenvalue weighted by Crippen LogP contribution is -1.88. The lowest BCUT2D eigenvalue weighted by atomic mass is 10.0. The van der Waals surface area contributed by atoms with E-state index in [1.807, 2.05) is 0 Å². The van der Waals surface area contributed by atoms with E-state index >= 15 is 0 Å². The summed E-state index contributed by atoms with van der Waals surface area (Å²) in [7, 11) is 1.79. The second-order valence-electron chi connectivity index (χ2n) is 6.02. The van der Waals surface area contributed by atoms with E-state index in [1.54, 1.807) is 7.11 Å². The molecule has 122 valence electrons. The molecule has 0 aliphatic carbocycles. The zero-order chi connectivity index (χ0) is 14.7. The average molecular weight is 286 g/mol. The summed E-state index contributed by atoms with van der Waals surface area (Å²) < 4.78 is 5.05. The quantitative estimate of drug-likeness (QED) is 0.359. The molecule has 2 nitrogen and oxygen atoms in total. The first-order valence-electron chi connectivity index (χ1n) is 9.01. The van der Waals surface area contributed by atoms with Crippen LogP contribution in [0.3, 0.4) is 0 Å². The van der Waals surface area contributed by atoms with Crippen LogP contribution in [0.4, 0.5) is 0 Å². The van der Waals surface area contributed by atoms with Gasteiger partial charge >= 0.3 is 0 Å². The molecule has 2 heteroatoms. The van der Waals surface area contributed by atoms with Gasteiger partial charge in [0.25, 0.3) is 0 Å². The van der Waals surface area contributed by atoms with Crippen molar-refractivity contribution in [1.82, 2.24) is 0 Å². The van der Waals surface area contributed by atoms with Gasteiger partial charge in [0.1, 0.15) is 0 Å². The summed E-state index contributed by atoms with van der Waals surface area (Å²) in [5.41, 5.74) is 0. The maximum atomic E-state index is 8.68. The summed E-state index contributed by atoms with van der Waals surface area (Å²) in [5.74, 6) is 0. The molecule has 20 heavy (non-hydrogen) atoms. The van der Waals surface area contributed by atoms with Crippen LogP contribution in [0.5, 0.6) is 0 Å². The Hall–Kier alpha value is -0.0800. The van der Waals surface area contributed by atoms with Gasteiger partial charge in [-0.2, -0.15) is 0 Å². The van der Waals surface area contributed by atoms with Crippen LogP contribution in [0.1, 0.15) is 96.3 Å². The van der Waals surface area contributed by atoms with Gasteiger partial charge in [-0.3, -0.25) is 0 Å². The van der Waals surface area contributed by atoms with Crippen molar-refractivity contribution in [1.29, 1.82) is 0 Å². The van der Waals surface area contributed by atoms with E-state index in [9.17, 15) is 0 Å². The normalized spacial score (nSPS) is 11.1. The zero-order valence-electron chi connectivity index (χ0n) is 13.9. The van der Waals surface area contributed by atoms with Crippen molar-refractivity contribution in [3.8, 4) is 0 Å². The topological polar surface area (TPSA) is 29.5 Å². The molecule has 0 unspecified atom stereocenters. The van der Waals surface area contributed by atoms with Crippen molar-refractivity contribution in [3.63, 3.8) is 0 Å². The molecule has 0 fully saturated rings. The minimum Gasteiger partial charge on any atom is -0.396 e. The molecule has 1 N–H and O–H groups in total. The third-order valence-electron chi connectivity index (χ3n) is 4.01. The Kier molecular flexibility index (Phi) is 18.8. The average Bonchev–Trinajstić information content (AvgIpc) is 2.47. The largest absolute Gasteiger partial charge is 0.396 e. The number of hydrogen-bond acceptors (Lipinski definition) is 2. The first kappa shape index (κ1) is 19.9. The maximum absolute atomic E-state index is 8.68. The Morgan fingerprint density at radius 3 is 1.10 bits per heavy atom. The van der Waals surface area contributed by atoms with Gasteiger partial charge in [-0.1, -0.05) is 83.5 Å². The molecule has 0 amide bonds. The highest BCUT2D eigenvalue weighted by atomic mass is 16.5. The second-order valence-corrected chi connectivity index (χ2v) is 6.02. The Bertz CT molecular complexity index is 141. The molecular weight excluding hydrogens is 248 g/mol. The van der Waals surface area contributed by atoms with Gasteiger partial charge in [-0.25, -0.2) is 0 Å². The van der Waals surface area contributed by atoms with Crippen molar-refractivity contribution < 1.29 is 9.84 Å². The van der Waals surface area contributed by atoms with Gasteiger partial charge in [0.05, 0.1) is 0 Å². The fourth-order valence-corrected chi connectivity index (χ4v) is 2.66. The molecule has 0 aromatic heterocycles. The molecule has 0 saturated carbocycles. The van der Waals surface area contributed by atoms with Crippen molar-refractivity contribution in [2.24, 2.45) is 0 Å². The van der Waals surface area contributed by atoms with Crippen LogP contribution in [-0.4, -0.2) is 25.4 Å². The second kappa shape index (κ2) is 18.9. The predicted octanol–water partition coefficient (Wildman–Crippen LogP) is 5.48. The van der Waals surface area contributed by atoms with Crippen LogP contribution in [0.2, 0.25) is 0 Å². The smallest absolute Gasteiger partial charge is 0.0462 e. The lowest BCUT2D eigenvalue weighted by Gasteiger charge is -2.03. The number of aliphatic hydroxyl groups is 1. The number of unbranched alkanes of at least 4 members (excludes halogenated alkanes) is 14. The highest BCUT2D eigenvalue weighted by Gasteiger charge is 1.94. The SMILES string of the molecule is COCCCCCCCCCCCCCCCCCO. The fraction of sp³-hybridized carbons (Fsp3) is 1.00. The standard InChI is InChI=1S/C18H38O2/c1-20-18-16-14-12-10-8-6-4-2-3-5-7-9-11-13-15-17-19/h19H,2-18H2,1H3. The number of ether oxygens (including phenoxy) is 1. The highest BCUT2D eigenvalue weighted by Crippen LogP contribution is 2.13. The molecule has 0 saturated heterocycles. The Labute approximate surface area is 127 Å². The highest BCUT2D eigenvalue weighted by molar-refractivity contribution is 4.49.